The van der Waals surface area contributed by atoms with Gasteiger partial charge in [-0.25, -0.2) is 29.0 Å². The molecule has 0 spiro atoms. The number of nitrogen functional groups attached to an aromatic ring is 1. The molecule has 1 aromatic rings. The minimum atomic E-state index is -3.12. The summed E-state index contributed by atoms with van der Waals surface area (Å²) in [6.45, 7) is 2.98. The first-order valence-electron chi connectivity index (χ1n) is 5.97. The van der Waals surface area contributed by atoms with Crippen LogP contribution in [-0.2, 0) is 16.4 Å². The molecule has 0 aliphatic heterocycles. The topological polar surface area (TPSA) is 122 Å². The summed E-state index contributed by atoms with van der Waals surface area (Å²) in [5.41, 5.74) is 3.43. The lowest BCUT2D eigenvalue weighted by atomic mass is 10.2. The highest BCUT2D eigenvalue weighted by atomic mass is 32.2. The quantitative estimate of drug-likeness (QED) is 0.293. The zero-order valence-corrected chi connectivity index (χ0v) is 11.9. The van der Waals surface area contributed by atoms with Gasteiger partial charge in [-0.3, -0.25) is 0 Å². The van der Waals surface area contributed by atoms with Crippen LogP contribution in [0.25, 0.3) is 0 Å². The van der Waals surface area contributed by atoms with E-state index in [9.17, 15) is 8.42 Å². The normalized spacial score (nSPS) is 11.3. The van der Waals surface area contributed by atoms with Gasteiger partial charge in [0.25, 0.3) is 0 Å². The average Bonchev–Trinajstić information content (AvgIpc) is 2.36. The Labute approximate surface area is 113 Å². The lowest BCUT2D eigenvalue weighted by Gasteiger charge is -2.12. The molecule has 0 saturated heterocycles. The number of anilines is 2. The number of hydrogen-bond acceptors (Lipinski definition) is 7. The van der Waals surface area contributed by atoms with Gasteiger partial charge in [0.2, 0.25) is 10.0 Å². The molecule has 0 fully saturated rings. The van der Waals surface area contributed by atoms with Crippen molar-refractivity contribution < 1.29 is 8.42 Å². The van der Waals surface area contributed by atoms with Gasteiger partial charge in [-0.2, -0.15) is 0 Å². The summed E-state index contributed by atoms with van der Waals surface area (Å²) in [6.07, 6.45) is 3.96. The van der Waals surface area contributed by atoms with Crippen LogP contribution in [0, 0.1) is 0 Å². The minimum Gasteiger partial charge on any atom is -0.370 e. The van der Waals surface area contributed by atoms with E-state index in [0.29, 0.717) is 31.1 Å². The molecule has 0 aromatic carbocycles. The number of aromatic nitrogens is 2. The molecule has 0 bridgehead atoms. The van der Waals surface area contributed by atoms with Crippen molar-refractivity contribution in [3.05, 3.63) is 11.9 Å². The van der Waals surface area contributed by atoms with Gasteiger partial charge in [0.15, 0.2) is 0 Å². The molecule has 19 heavy (non-hydrogen) atoms. The molecule has 0 amide bonds. The summed E-state index contributed by atoms with van der Waals surface area (Å²) < 4.78 is 24.2. The van der Waals surface area contributed by atoms with Crippen molar-refractivity contribution >= 4 is 21.7 Å². The second kappa shape index (κ2) is 7.22. The van der Waals surface area contributed by atoms with E-state index in [2.05, 4.69) is 25.4 Å². The Morgan fingerprint density at radius 2 is 1.95 bits per heavy atom. The van der Waals surface area contributed by atoms with Gasteiger partial charge < -0.3 is 10.7 Å². The Kier molecular flexibility index (Phi) is 5.93. The van der Waals surface area contributed by atoms with Crippen LogP contribution in [0.1, 0.15) is 18.9 Å². The fraction of sp³-hybridized carbons (Fsp3) is 0.600. The van der Waals surface area contributed by atoms with E-state index >= 15 is 0 Å². The third-order valence-corrected chi connectivity index (χ3v) is 3.17. The largest absolute Gasteiger partial charge is 0.370 e. The highest BCUT2D eigenvalue weighted by Crippen LogP contribution is 2.19. The number of hydrazine groups is 1. The number of nitrogens with two attached hydrogens (primary N) is 1. The van der Waals surface area contributed by atoms with E-state index in [1.54, 1.807) is 0 Å². The van der Waals surface area contributed by atoms with Gasteiger partial charge in [0.05, 0.1) is 6.26 Å². The Morgan fingerprint density at radius 3 is 2.53 bits per heavy atom. The molecular weight excluding hydrogens is 268 g/mol. The van der Waals surface area contributed by atoms with Crippen molar-refractivity contribution in [2.45, 2.75) is 19.8 Å². The minimum absolute atomic E-state index is 0.389. The van der Waals surface area contributed by atoms with E-state index in [1.807, 2.05) is 6.92 Å². The van der Waals surface area contributed by atoms with Gasteiger partial charge >= 0.3 is 0 Å². The van der Waals surface area contributed by atoms with Crippen LogP contribution in [0.2, 0.25) is 0 Å². The monoisotopic (exact) mass is 288 g/mol. The van der Waals surface area contributed by atoms with Crippen molar-refractivity contribution in [3.63, 3.8) is 0 Å². The fourth-order valence-electron chi connectivity index (χ4n) is 1.58. The van der Waals surface area contributed by atoms with Crippen molar-refractivity contribution in [2.24, 2.45) is 5.84 Å². The van der Waals surface area contributed by atoms with Gasteiger partial charge in [0, 0.05) is 18.7 Å². The second-order valence-electron chi connectivity index (χ2n) is 3.99. The summed E-state index contributed by atoms with van der Waals surface area (Å²) in [6, 6.07) is 0. The van der Waals surface area contributed by atoms with Crippen LogP contribution in [0.3, 0.4) is 0 Å². The standard InChI is InChI=1S/C10H20N6O2S/c1-3-8-9(13-7-14-10(8)16-11)12-5-4-6-15-19(2,17)18/h7,15H,3-6,11H2,1-2H3,(H2,12,13,14,16). The number of nitrogens with zero attached hydrogens (tertiary/aromatic N) is 2. The van der Waals surface area contributed by atoms with E-state index in [-0.39, 0.29) is 0 Å². The van der Waals surface area contributed by atoms with Crippen LogP contribution in [0.5, 0.6) is 0 Å². The molecule has 0 aliphatic carbocycles. The number of nitrogens with one attached hydrogen (secondary N) is 3. The summed E-state index contributed by atoms with van der Waals surface area (Å²) in [4.78, 5) is 8.17. The van der Waals surface area contributed by atoms with Gasteiger partial charge in [-0.1, -0.05) is 6.92 Å². The second-order valence-corrected chi connectivity index (χ2v) is 5.83. The molecule has 1 heterocycles. The molecular formula is C10H20N6O2S. The third-order valence-electron chi connectivity index (χ3n) is 2.45. The molecule has 9 heteroatoms. The van der Waals surface area contributed by atoms with Gasteiger partial charge in [-0.15, -0.1) is 0 Å². The SMILES string of the molecule is CCc1c(NN)ncnc1NCCCNS(C)(=O)=O. The maximum Gasteiger partial charge on any atom is 0.208 e. The van der Waals surface area contributed by atoms with Crippen molar-refractivity contribution in [1.82, 2.24) is 14.7 Å². The zero-order chi connectivity index (χ0) is 14.3. The van der Waals surface area contributed by atoms with Crippen molar-refractivity contribution in [2.75, 3.05) is 30.1 Å². The van der Waals surface area contributed by atoms with Crippen LogP contribution in [0.4, 0.5) is 11.6 Å². The predicted octanol–water partition coefficient (Wildman–Crippen LogP) is -0.324. The molecule has 0 atom stereocenters. The van der Waals surface area contributed by atoms with E-state index in [0.717, 1.165) is 18.2 Å². The molecule has 0 unspecified atom stereocenters. The van der Waals surface area contributed by atoms with E-state index < -0.39 is 10.0 Å². The third kappa shape index (κ3) is 5.37. The van der Waals surface area contributed by atoms with Crippen LogP contribution in [-0.4, -0.2) is 37.7 Å². The summed E-state index contributed by atoms with van der Waals surface area (Å²) in [7, 11) is -3.12. The first-order valence-corrected chi connectivity index (χ1v) is 7.86. The van der Waals surface area contributed by atoms with Crippen molar-refractivity contribution in [3.8, 4) is 0 Å². The Hall–Kier alpha value is -1.45. The van der Waals surface area contributed by atoms with Crippen LogP contribution in [0.15, 0.2) is 6.33 Å². The number of rotatable bonds is 8. The first-order chi connectivity index (χ1) is 8.98. The van der Waals surface area contributed by atoms with E-state index in [4.69, 9.17) is 5.84 Å². The lowest BCUT2D eigenvalue weighted by molar-refractivity contribution is 0.586. The molecule has 0 radical (unpaired) electrons. The number of hydrogen-bond donors (Lipinski definition) is 4. The molecule has 8 nitrogen and oxygen atoms in total. The lowest BCUT2D eigenvalue weighted by Crippen LogP contribution is -2.24. The average molecular weight is 288 g/mol. The maximum absolute atomic E-state index is 10.9. The molecule has 0 aliphatic rings. The fourth-order valence-corrected chi connectivity index (χ4v) is 2.09. The summed E-state index contributed by atoms with van der Waals surface area (Å²) in [5, 5.41) is 3.14. The smallest absolute Gasteiger partial charge is 0.208 e. The summed E-state index contributed by atoms with van der Waals surface area (Å²) >= 11 is 0. The van der Waals surface area contributed by atoms with Crippen molar-refractivity contribution in [1.29, 1.82) is 0 Å². The molecule has 0 saturated carbocycles. The summed E-state index contributed by atoms with van der Waals surface area (Å²) in [5.74, 6) is 6.68. The molecule has 1 rings (SSSR count). The van der Waals surface area contributed by atoms with Gasteiger partial charge in [-0.05, 0) is 12.8 Å². The molecule has 1 aromatic heterocycles. The Bertz CT molecular complexity index is 505. The van der Waals surface area contributed by atoms with Gasteiger partial charge in [0.1, 0.15) is 18.0 Å². The zero-order valence-electron chi connectivity index (χ0n) is 11.1. The highest BCUT2D eigenvalue weighted by molar-refractivity contribution is 7.88. The Morgan fingerprint density at radius 1 is 1.26 bits per heavy atom. The first kappa shape index (κ1) is 15.6. The number of sulfonamides is 1. The van der Waals surface area contributed by atoms with Crippen LogP contribution >= 0.6 is 0 Å². The van der Waals surface area contributed by atoms with E-state index in [1.165, 1.54) is 6.33 Å². The predicted molar refractivity (Wildman–Crippen MR) is 75.2 cm³/mol. The van der Waals surface area contributed by atoms with Crippen LogP contribution < -0.4 is 21.3 Å². The molecule has 5 N–H and O–H groups in total. The Balaban J connectivity index is 2.49. The maximum atomic E-state index is 10.9. The highest BCUT2D eigenvalue weighted by Gasteiger charge is 2.08. The molecule has 108 valence electrons.